The zero-order valence-corrected chi connectivity index (χ0v) is 9.44. The minimum atomic E-state index is 0.542. The van der Waals surface area contributed by atoms with Crippen molar-refractivity contribution in [1.29, 1.82) is 0 Å². The molecular weight excluding hydrogens is 214 g/mol. The van der Waals surface area contributed by atoms with Crippen molar-refractivity contribution >= 4 is 5.69 Å². The molecule has 17 heavy (non-hydrogen) atoms. The number of fused-ring (bicyclic) bond motifs is 1. The average molecular weight is 227 g/mol. The molecule has 0 unspecified atom stereocenters. The van der Waals surface area contributed by atoms with Gasteiger partial charge in [-0.1, -0.05) is 11.2 Å². The number of nitrogens with zero attached hydrogens (tertiary/aromatic N) is 2. The molecule has 1 N–H and O–H groups in total. The smallest absolute Gasteiger partial charge is 0.258 e. The molecule has 1 aliphatic heterocycles. The number of aromatic nitrogens is 2. The Morgan fingerprint density at radius 1 is 1.29 bits per heavy atom. The first-order chi connectivity index (χ1) is 8.40. The van der Waals surface area contributed by atoms with Crippen LogP contribution in [0.15, 0.2) is 22.7 Å². The molecule has 0 saturated heterocycles. The van der Waals surface area contributed by atoms with Gasteiger partial charge in [-0.15, -0.1) is 0 Å². The van der Waals surface area contributed by atoms with E-state index in [9.17, 15) is 0 Å². The lowest BCUT2D eigenvalue weighted by molar-refractivity contribution is 0.422. The molecule has 2 aromatic rings. The van der Waals surface area contributed by atoms with Crippen LogP contribution in [0.4, 0.5) is 5.69 Å². The van der Waals surface area contributed by atoms with Gasteiger partial charge in [0.2, 0.25) is 0 Å². The van der Waals surface area contributed by atoms with Crippen molar-refractivity contribution in [2.24, 2.45) is 0 Å². The van der Waals surface area contributed by atoms with Gasteiger partial charge in [0.25, 0.3) is 5.89 Å². The fourth-order valence-electron chi connectivity index (χ4n) is 2.28. The maximum Gasteiger partial charge on any atom is 0.258 e. The third-order valence-electron chi connectivity index (χ3n) is 3.45. The van der Waals surface area contributed by atoms with Crippen LogP contribution in [0, 0.1) is 0 Å². The number of benzene rings is 1. The highest BCUT2D eigenvalue weighted by Gasteiger charge is 2.29. The quantitative estimate of drug-likeness (QED) is 0.856. The molecule has 1 saturated carbocycles. The van der Waals surface area contributed by atoms with Crippen LogP contribution in [-0.2, 0) is 6.42 Å². The van der Waals surface area contributed by atoms with Crippen LogP contribution in [-0.4, -0.2) is 16.7 Å². The third kappa shape index (κ3) is 1.52. The fourth-order valence-corrected chi connectivity index (χ4v) is 2.28. The second-order valence-electron chi connectivity index (χ2n) is 4.78. The van der Waals surface area contributed by atoms with Crippen molar-refractivity contribution in [1.82, 2.24) is 10.1 Å². The topological polar surface area (TPSA) is 51.0 Å². The first-order valence-corrected chi connectivity index (χ1v) is 6.11. The van der Waals surface area contributed by atoms with Crippen molar-refractivity contribution in [2.45, 2.75) is 25.2 Å². The molecule has 0 amide bonds. The van der Waals surface area contributed by atoms with Gasteiger partial charge in [0.15, 0.2) is 5.82 Å². The molecule has 1 aromatic heterocycles. The maximum absolute atomic E-state index is 5.32. The van der Waals surface area contributed by atoms with Gasteiger partial charge in [-0.05, 0) is 37.0 Å². The van der Waals surface area contributed by atoms with E-state index in [0.717, 1.165) is 24.4 Å². The highest BCUT2D eigenvalue weighted by molar-refractivity contribution is 5.66. The van der Waals surface area contributed by atoms with E-state index in [1.54, 1.807) is 0 Å². The minimum Gasteiger partial charge on any atom is -0.384 e. The molecule has 86 valence electrons. The number of nitrogens with one attached hydrogen (secondary N) is 1. The molecule has 0 atom stereocenters. The van der Waals surface area contributed by atoms with Gasteiger partial charge < -0.3 is 9.84 Å². The Morgan fingerprint density at radius 3 is 3.12 bits per heavy atom. The van der Waals surface area contributed by atoms with E-state index in [0.29, 0.717) is 11.8 Å². The predicted octanol–water partition coefficient (Wildman–Crippen LogP) is 2.58. The van der Waals surface area contributed by atoms with Crippen molar-refractivity contribution in [3.8, 4) is 11.5 Å². The zero-order valence-electron chi connectivity index (χ0n) is 9.44. The zero-order chi connectivity index (χ0) is 11.2. The Morgan fingerprint density at radius 2 is 2.24 bits per heavy atom. The second kappa shape index (κ2) is 3.32. The summed E-state index contributed by atoms with van der Waals surface area (Å²) in [7, 11) is 0. The summed E-state index contributed by atoms with van der Waals surface area (Å²) < 4.78 is 5.32. The summed E-state index contributed by atoms with van der Waals surface area (Å²) in [6.07, 6.45) is 3.50. The van der Waals surface area contributed by atoms with Crippen LogP contribution in [0.3, 0.4) is 0 Å². The van der Waals surface area contributed by atoms with Crippen LogP contribution in [0.2, 0.25) is 0 Å². The maximum atomic E-state index is 5.32. The lowest BCUT2D eigenvalue weighted by Crippen LogP contribution is -1.91. The van der Waals surface area contributed by atoms with E-state index in [1.807, 2.05) is 0 Å². The van der Waals surface area contributed by atoms with Gasteiger partial charge >= 0.3 is 0 Å². The Labute approximate surface area is 99.0 Å². The molecule has 4 heteroatoms. The Hall–Kier alpha value is -1.84. The lowest BCUT2D eigenvalue weighted by atomic mass is 10.1. The molecule has 0 radical (unpaired) electrons. The molecule has 4 nitrogen and oxygen atoms in total. The molecule has 1 aromatic carbocycles. The normalized spacial score (nSPS) is 17.9. The molecule has 2 aliphatic rings. The second-order valence-corrected chi connectivity index (χ2v) is 4.78. The van der Waals surface area contributed by atoms with E-state index < -0.39 is 0 Å². The molecule has 0 bridgehead atoms. The van der Waals surface area contributed by atoms with Crippen molar-refractivity contribution < 1.29 is 4.52 Å². The van der Waals surface area contributed by atoms with E-state index in [4.69, 9.17) is 4.52 Å². The third-order valence-corrected chi connectivity index (χ3v) is 3.45. The van der Waals surface area contributed by atoms with E-state index >= 15 is 0 Å². The first kappa shape index (κ1) is 9.22. The Balaban J connectivity index is 1.72. The number of rotatable bonds is 2. The molecule has 1 aliphatic carbocycles. The summed E-state index contributed by atoms with van der Waals surface area (Å²) in [6, 6.07) is 6.31. The summed E-state index contributed by atoms with van der Waals surface area (Å²) in [4.78, 5) is 4.46. The molecular formula is C13H13N3O. The molecule has 4 rings (SSSR count). The van der Waals surface area contributed by atoms with Crippen LogP contribution in [0.1, 0.15) is 30.1 Å². The highest BCUT2D eigenvalue weighted by Crippen LogP contribution is 2.39. The first-order valence-electron chi connectivity index (χ1n) is 6.11. The van der Waals surface area contributed by atoms with Crippen molar-refractivity contribution in [2.75, 3.05) is 11.9 Å². The number of hydrogen-bond acceptors (Lipinski definition) is 4. The standard InChI is InChI=1S/C13H13N3O/c1-4-10(7-11-8(1)5-6-14-11)13-15-12(16-17-13)9-2-3-9/h1,4,7,9,14H,2-3,5-6H2. The van der Waals surface area contributed by atoms with Crippen molar-refractivity contribution in [3.05, 3.63) is 29.6 Å². The van der Waals surface area contributed by atoms with Crippen LogP contribution >= 0.6 is 0 Å². The number of anilines is 1. The van der Waals surface area contributed by atoms with Gasteiger partial charge in [-0.3, -0.25) is 0 Å². The summed E-state index contributed by atoms with van der Waals surface area (Å²) in [5.41, 5.74) is 3.59. The van der Waals surface area contributed by atoms with Gasteiger partial charge in [0.05, 0.1) is 0 Å². The minimum absolute atomic E-state index is 0.542. The molecule has 1 fully saturated rings. The van der Waals surface area contributed by atoms with Crippen LogP contribution in [0.25, 0.3) is 11.5 Å². The van der Waals surface area contributed by atoms with Crippen LogP contribution < -0.4 is 5.32 Å². The Bertz CT molecular complexity index is 572. The van der Waals surface area contributed by atoms with Gasteiger partial charge in [-0.25, -0.2) is 0 Å². The molecule has 0 spiro atoms. The van der Waals surface area contributed by atoms with Crippen molar-refractivity contribution in [3.63, 3.8) is 0 Å². The SMILES string of the molecule is c1cc2c(cc1-c1nc(C3CC3)no1)NCC2. The fraction of sp³-hybridized carbons (Fsp3) is 0.385. The Kier molecular flexibility index (Phi) is 1.80. The number of hydrogen-bond donors (Lipinski definition) is 1. The predicted molar refractivity (Wildman–Crippen MR) is 63.9 cm³/mol. The van der Waals surface area contributed by atoms with Crippen LogP contribution in [0.5, 0.6) is 0 Å². The summed E-state index contributed by atoms with van der Waals surface area (Å²) in [5, 5.41) is 7.40. The van der Waals surface area contributed by atoms with Gasteiger partial charge in [0.1, 0.15) is 0 Å². The van der Waals surface area contributed by atoms with Gasteiger partial charge in [-0.2, -0.15) is 4.98 Å². The van der Waals surface area contributed by atoms with E-state index in [2.05, 4.69) is 33.7 Å². The summed E-state index contributed by atoms with van der Waals surface area (Å²) >= 11 is 0. The van der Waals surface area contributed by atoms with E-state index in [1.165, 1.54) is 24.1 Å². The van der Waals surface area contributed by atoms with Gasteiger partial charge in [0, 0.05) is 23.7 Å². The highest BCUT2D eigenvalue weighted by atomic mass is 16.5. The monoisotopic (exact) mass is 227 g/mol. The van der Waals surface area contributed by atoms with E-state index in [-0.39, 0.29) is 0 Å². The summed E-state index contributed by atoms with van der Waals surface area (Å²) in [6.45, 7) is 1.02. The lowest BCUT2D eigenvalue weighted by Gasteiger charge is -2.00. The molecule has 2 heterocycles. The summed E-state index contributed by atoms with van der Waals surface area (Å²) in [5.74, 6) is 2.05. The average Bonchev–Trinajstić information content (AvgIpc) is 2.93. The largest absolute Gasteiger partial charge is 0.384 e.